The van der Waals surface area contributed by atoms with Crippen molar-refractivity contribution in [1.29, 1.82) is 0 Å². The molecule has 0 spiro atoms. The van der Waals surface area contributed by atoms with Gasteiger partial charge in [0.1, 0.15) is 5.75 Å². The molecule has 1 aliphatic heterocycles. The number of hydrogen-bond donors (Lipinski definition) is 2. The Morgan fingerprint density at radius 3 is 2.31 bits per heavy atom. The predicted molar refractivity (Wildman–Crippen MR) is 138 cm³/mol. The molecule has 2 aromatic rings. The zero-order chi connectivity index (χ0) is 26.2. The maximum atomic E-state index is 12.7. The number of unbranched alkanes of at least 4 members (excludes halogenated alkanes) is 1. The summed E-state index contributed by atoms with van der Waals surface area (Å²) in [5, 5.41) is 2.78. The van der Waals surface area contributed by atoms with Crippen molar-refractivity contribution in [3.05, 3.63) is 53.1 Å². The minimum absolute atomic E-state index is 0.0196. The minimum Gasteiger partial charge on any atom is -0.482 e. The van der Waals surface area contributed by atoms with Crippen LogP contribution in [-0.4, -0.2) is 53.3 Å². The number of halogens is 1. The standard InChI is InChI=1S/C24H32ClN3O6S2/c1-2-3-13-27-35(30,31)21-11-12-23(22(25)16-21)34-18-24(29)26-17-19-7-9-20(10-8-19)36(32,33)28-14-5-4-6-15-28/h7-12,16,27H,2-6,13-15,17-18H2,1H3,(H,26,29). The monoisotopic (exact) mass is 557 g/mol. The molecule has 0 unspecified atom stereocenters. The van der Waals surface area contributed by atoms with Gasteiger partial charge in [0.2, 0.25) is 20.0 Å². The average Bonchev–Trinajstić information content (AvgIpc) is 2.87. The average molecular weight is 558 g/mol. The van der Waals surface area contributed by atoms with Crippen molar-refractivity contribution in [2.45, 2.75) is 55.4 Å². The molecule has 0 atom stereocenters. The maximum Gasteiger partial charge on any atom is 0.258 e. The van der Waals surface area contributed by atoms with Gasteiger partial charge in [0.05, 0.1) is 14.8 Å². The minimum atomic E-state index is -3.67. The highest BCUT2D eigenvalue weighted by molar-refractivity contribution is 7.89. The number of rotatable bonds is 12. The fraction of sp³-hybridized carbons (Fsp3) is 0.458. The number of carbonyl (C=O) groups excluding carboxylic acids is 1. The molecule has 0 bridgehead atoms. The molecule has 36 heavy (non-hydrogen) atoms. The smallest absolute Gasteiger partial charge is 0.258 e. The summed E-state index contributed by atoms with van der Waals surface area (Å²) in [6.07, 6.45) is 4.38. The topological polar surface area (TPSA) is 122 Å². The molecule has 9 nitrogen and oxygen atoms in total. The molecule has 1 heterocycles. The molecule has 12 heteroatoms. The van der Waals surface area contributed by atoms with E-state index in [2.05, 4.69) is 10.0 Å². The van der Waals surface area contributed by atoms with Crippen molar-refractivity contribution in [2.75, 3.05) is 26.2 Å². The Labute approximate surface area is 218 Å². The summed E-state index contributed by atoms with van der Waals surface area (Å²) in [6.45, 7) is 3.26. The van der Waals surface area contributed by atoms with Gasteiger partial charge in [-0.2, -0.15) is 4.31 Å². The van der Waals surface area contributed by atoms with E-state index in [-0.39, 0.29) is 33.7 Å². The second kappa shape index (κ2) is 12.9. The largest absolute Gasteiger partial charge is 0.482 e. The van der Waals surface area contributed by atoms with Gasteiger partial charge in [0.15, 0.2) is 6.61 Å². The highest BCUT2D eigenvalue weighted by atomic mass is 35.5. The van der Waals surface area contributed by atoms with Crippen LogP contribution in [0.1, 0.15) is 44.6 Å². The van der Waals surface area contributed by atoms with Gasteiger partial charge < -0.3 is 10.1 Å². The molecule has 0 saturated carbocycles. The van der Waals surface area contributed by atoms with E-state index in [0.29, 0.717) is 19.6 Å². The zero-order valence-corrected chi connectivity index (χ0v) is 22.6. The molecule has 0 radical (unpaired) electrons. The summed E-state index contributed by atoms with van der Waals surface area (Å²) in [6, 6.07) is 10.5. The van der Waals surface area contributed by atoms with E-state index in [0.717, 1.165) is 37.7 Å². The summed E-state index contributed by atoms with van der Waals surface area (Å²) in [4.78, 5) is 12.5. The van der Waals surface area contributed by atoms with Crippen molar-refractivity contribution in [2.24, 2.45) is 0 Å². The number of amides is 1. The van der Waals surface area contributed by atoms with E-state index in [1.54, 1.807) is 24.3 Å². The van der Waals surface area contributed by atoms with Crippen LogP contribution in [0, 0.1) is 0 Å². The fourth-order valence-electron chi connectivity index (χ4n) is 3.66. The van der Waals surface area contributed by atoms with Gasteiger partial charge in [-0.1, -0.05) is 43.5 Å². The predicted octanol–water partition coefficient (Wildman–Crippen LogP) is 3.29. The molecular formula is C24H32ClN3O6S2. The van der Waals surface area contributed by atoms with Crippen LogP contribution in [-0.2, 0) is 31.4 Å². The van der Waals surface area contributed by atoms with Crippen LogP contribution < -0.4 is 14.8 Å². The molecule has 1 aliphatic rings. The second-order valence-electron chi connectivity index (χ2n) is 8.52. The third-order valence-electron chi connectivity index (χ3n) is 5.76. The molecular weight excluding hydrogens is 526 g/mol. The van der Waals surface area contributed by atoms with Crippen molar-refractivity contribution in [3.63, 3.8) is 0 Å². The van der Waals surface area contributed by atoms with E-state index >= 15 is 0 Å². The number of benzene rings is 2. The van der Waals surface area contributed by atoms with Gasteiger partial charge in [-0.15, -0.1) is 0 Å². The van der Waals surface area contributed by atoms with Gasteiger partial charge in [0, 0.05) is 26.2 Å². The first-order valence-corrected chi connectivity index (χ1v) is 15.2. The summed E-state index contributed by atoms with van der Waals surface area (Å²) < 4.78 is 59.5. The Hall–Kier alpha value is -2.18. The summed E-state index contributed by atoms with van der Waals surface area (Å²) >= 11 is 6.16. The van der Waals surface area contributed by atoms with Crippen LogP contribution in [0.25, 0.3) is 0 Å². The quantitative estimate of drug-likeness (QED) is 0.386. The third-order valence-corrected chi connectivity index (χ3v) is 9.43. The van der Waals surface area contributed by atoms with Gasteiger partial charge >= 0.3 is 0 Å². The molecule has 0 aromatic heterocycles. The Morgan fingerprint density at radius 2 is 1.67 bits per heavy atom. The van der Waals surface area contributed by atoms with Crippen LogP contribution in [0.2, 0.25) is 5.02 Å². The van der Waals surface area contributed by atoms with Crippen molar-refractivity contribution >= 4 is 37.6 Å². The summed E-state index contributed by atoms with van der Waals surface area (Å²) in [7, 11) is -7.17. The lowest BCUT2D eigenvalue weighted by atomic mass is 10.2. The van der Waals surface area contributed by atoms with E-state index in [1.165, 1.54) is 22.5 Å². The number of hydrogen-bond acceptors (Lipinski definition) is 6. The lowest BCUT2D eigenvalue weighted by molar-refractivity contribution is -0.123. The van der Waals surface area contributed by atoms with Crippen LogP contribution in [0.3, 0.4) is 0 Å². The number of ether oxygens (including phenoxy) is 1. The third kappa shape index (κ3) is 7.66. The Balaban J connectivity index is 1.50. The van der Waals surface area contributed by atoms with Crippen molar-refractivity contribution in [1.82, 2.24) is 14.3 Å². The Morgan fingerprint density at radius 1 is 1.00 bits per heavy atom. The molecule has 3 rings (SSSR count). The number of sulfonamides is 2. The van der Waals surface area contributed by atoms with E-state index < -0.39 is 26.0 Å². The van der Waals surface area contributed by atoms with Gasteiger partial charge in [-0.05, 0) is 55.2 Å². The van der Waals surface area contributed by atoms with Gasteiger partial charge in [0.25, 0.3) is 5.91 Å². The second-order valence-corrected chi connectivity index (χ2v) is 12.6. The van der Waals surface area contributed by atoms with E-state index in [1.807, 2.05) is 6.92 Å². The Kier molecular flexibility index (Phi) is 10.1. The lowest BCUT2D eigenvalue weighted by Gasteiger charge is -2.25. The first-order valence-electron chi connectivity index (χ1n) is 11.9. The van der Waals surface area contributed by atoms with Crippen molar-refractivity contribution < 1.29 is 26.4 Å². The number of nitrogens with zero attached hydrogens (tertiary/aromatic N) is 1. The van der Waals surface area contributed by atoms with Crippen LogP contribution in [0.4, 0.5) is 0 Å². The highest BCUT2D eigenvalue weighted by Crippen LogP contribution is 2.27. The van der Waals surface area contributed by atoms with Crippen LogP contribution >= 0.6 is 11.6 Å². The van der Waals surface area contributed by atoms with Gasteiger partial charge in [-0.3, -0.25) is 4.79 Å². The molecule has 0 aliphatic carbocycles. The lowest BCUT2D eigenvalue weighted by Crippen LogP contribution is -2.35. The normalized spacial score (nSPS) is 14.9. The molecule has 1 amide bonds. The molecule has 198 valence electrons. The number of nitrogens with one attached hydrogen (secondary N) is 2. The molecule has 2 N–H and O–H groups in total. The SMILES string of the molecule is CCCCNS(=O)(=O)c1ccc(OCC(=O)NCc2ccc(S(=O)(=O)N3CCCCC3)cc2)c(Cl)c1. The number of carbonyl (C=O) groups is 1. The van der Waals surface area contributed by atoms with Gasteiger partial charge in [-0.25, -0.2) is 21.6 Å². The van der Waals surface area contributed by atoms with Crippen molar-refractivity contribution in [3.8, 4) is 5.75 Å². The molecule has 1 fully saturated rings. The van der Waals surface area contributed by atoms with Crippen LogP contribution in [0.15, 0.2) is 52.3 Å². The van der Waals surface area contributed by atoms with Crippen LogP contribution in [0.5, 0.6) is 5.75 Å². The molecule has 2 aromatic carbocycles. The number of piperidine rings is 1. The van der Waals surface area contributed by atoms with E-state index in [9.17, 15) is 21.6 Å². The van der Waals surface area contributed by atoms with E-state index in [4.69, 9.17) is 16.3 Å². The first-order chi connectivity index (χ1) is 17.1. The fourth-order valence-corrected chi connectivity index (χ4v) is 6.58. The first kappa shape index (κ1) is 28.4. The highest BCUT2D eigenvalue weighted by Gasteiger charge is 2.25. The summed E-state index contributed by atoms with van der Waals surface area (Å²) in [5.41, 5.74) is 0.740. The Bertz CT molecular complexity index is 1250. The summed E-state index contributed by atoms with van der Waals surface area (Å²) in [5.74, 6) is -0.222. The maximum absolute atomic E-state index is 12.7. The molecule has 1 saturated heterocycles. The zero-order valence-electron chi connectivity index (χ0n) is 20.2.